The Kier molecular flexibility index (Phi) is 4.32. The lowest BCUT2D eigenvalue weighted by atomic mass is 10.0. The molecule has 0 unspecified atom stereocenters. The van der Waals surface area contributed by atoms with Gasteiger partial charge in [0.05, 0.1) is 33.7 Å². The maximum absolute atomic E-state index is 12.5. The molecule has 0 aliphatic heterocycles. The first kappa shape index (κ1) is 14.8. The fourth-order valence-corrected chi connectivity index (χ4v) is 2.61. The first-order chi connectivity index (χ1) is 9.43. The van der Waals surface area contributed by atoms with Gasteiger partial charge in [-0.1, -0.05) is 6.92 Å². The number of hydrogen-bond acceptors (Lipinski definition) is 4. The van der Waals surface area contributed by atoms with Gasteiger partial charge in [0.15, 0.2) is 5.78 Å². The van der Waals surface area contributed by atoms with Gasteiger partial charge in [-0.05, 0) is 42.3 Å². The summed E-state index contributed by atoms with van der Waals surface area (Å²) in [5.41, 5.74) is 3.92. The summed E-state index contributed by atoms with van der Waals surface area (Å²) in [5.74, 6) is 0.0450. The van der Waals surface area contributed by atoms with Gasteiger partial charge in [-0.25, -0.2) is 0 Å². The monoisotopic (exact) mass is 336 g/mol. The van der Waals surface area contributed by atoms with Crippen molar-refractivity contribution in [3.05, 3.63) is 38.9 Å². The summed E-state index contributed by atoms with van der Waals surface area (Å²) >= 11 is 3.49. The van der Waals surface area contributed by atoms with Gasteiger partial charge >= 0.3 is 0 Å². The quantitative estimate of drug-likeness (QED) is 0.805. The van der Waals surface area contributed by atoms with E-state index in [2.05, 4.69) is 31.2 Å². The van der Waals surface area contributed by atoms with Crippen molar-refractivity contribution in [1.82, 2.24) is 20.0 Å². The fourth-order valence-electron chi connectivity index (χ4n) is 2.14. The van der Waals surface area contributed by atoms with E-state index in [0.717, 1.165) is 27.2 Å². The molecule has 20 heavy (non-hydrogen) atoms. The molecule has 2 aromatic rings. The smallest absolute Gasteiger partial charge is 0.170 e. The van der Waals surface area contributed by atoms with Crippen molar-refractivity contribution in [2.24, 2.45) is 7.05 Å². The average molecular weight is 337 g/mol. The molecule has 0 saturated carbocycles. The lowest BCUT2D eigenvalue weighted by Crippen LogP contribution is -2.12. The zero-order chi connectivity index (χ0) is 14.9. The molecule has 0 spiro atoms. The molecular weight excluding hydrogens is 320 g/mol. The van der Waals surface area contributed by atoms with E-state index < -0.39 is 0 Å². The van der Waals surface area contributed by atoms with Crippen LogP contribution in [0.4, 0.5) is 0 Å². The van der Waals surface area contributed by atoms with Gasteiger partial charge in [0, 0.05) is 12.6 Å². The predicted octanol–water partition coefficient (Wildman–Crippen LogP) is 2.58. The van der Waals surface area contributed by atoms with Crippen LogP contribution in [0.3, 0.4) is 0 Å². The molecule has 2 rings (SSSR count). The number of aryl methyl sites for hydroxylation is 4. The Morgan fingerprint density at radius 2 is 2.05 bits per heavy atom. The molecule has 0 atom stereocenters. The lowest BCUT2D eigenvalue weighted by molar-refractivity contribution is 0.0989. The summed E-state index contributed by atoms with van der Waals surface area (Å²) in [6.07, 6.45) is 0.996. The molecule has 2 heterocycles. The number of aromatic nitrogens is 4. The van der Waals surface area contributed by atoms with Crippen LogP contribution in [0.25, 0.3) is 0 Å². The van der Waals surface area contributed by atoms with Crippen LogP contribution in [0.15, 0.2) is 10.5 Å². The highest BCUT2D eigenvalue weighted by molar-refractivity contribution is 9.10. The molecule has 0 aliphatic rings. The maximum atomic E-state index is 12.5. The number of carbonyl (C=O) groups excluding carboxylic acids is 1. The number of Topliss-reactive ketones (excluding diaryl/α,β-unsaturated/α-hetero) is 1. The third-order valence-corrected chi connectivity index (χ3v) is 4.25. The molecule has 0 saturated heterocycles. The van der Waals surface area contributed by atoms with E-state index in [1.807, 2.05) is 33.9 Å². The number of nitrogens with zero attached hydrogens (tertiary/aromatic N) is 4. The third kappa shape index (κ3) is 2.80. The number of carbonyl (C=O) groups is 1. The average Bonchev–Trinajstić information content (AvgIpc) is 2.65. The Morgan fingerprint density at radius 1 is 1.35 bits per heavy atom. The van der Waals surface area contributed by atoms with Crippen molar-refractivity contribution < 1.29 is 4.79 Å². The number of ketones is 1. The zero-order valence-corrected chi connectivity index (χ0v) is 13.7. The SMILES string of the molecule is CCc1nnc(C)cc1C(=O)Cc1c(Br)c(C)nn1C. The first-order valence-corrected chi connectivity index (χ1v) is 7.27. The van der Waals surface area contributed by atoms with Crippen LogP contribution in [0.2, 0.25) is 0 Å². The molecule has 0 aromatic carbocycles. The number of rotatable bonds is 4. The Morgan fingerprint density at radius 3 is 2.60 bits per heavy atom. The number of halogens is 1. The van der Waals surface area contributed by atoms with Gasteiger partial charge in [0.1, 0.15) is 0 Å². The first-order valence-electron chi connectivity index (χ1n) is 6.48. The van der Waals surface area contributed by atoms with Gasteiger partial charge in [-0.15, -0.1) is 0 Å². The minimum absolute atomic E-state index is 0.0450. The van der Waals surface area contributed by atoms with Crippen LogP contribution in [-0.2, 0) is 19.9 Å². The molecule has 0 fully saturated rings. The third-order valence-electron chi connectivity index (χ3n) is 3.22. The second-order valence-electron chi connectivity index (χ2n) is 4.77. The lowest BCUT2D eigenvalue weighted by Gasteiger charge is -2.07. The van der Waals surface area contributed by atoms with E-state index in [9.17, 15) is 4.79 Å². The van der Waals surface area contributed by atoms with Crippen LogP contribution >= 0.6 is 15.9 Å². The molecule has 0 amide bonds. The Balaban J connectivity index is 2.35. The van der Waals surface area contributed by atoms with Crippen molar-refractivity contribution in [2.75, 3.05) is 0 Å². The van der Waals surface area contributed by atoms with Crippen LogP contribution in [0.1, 0.15) is 40.1 Å². The molecule has 0 bridgehead atoms. The predicted molar refractivity (Wildman–Crippen MR) is 79.8 cm³/mol. The van der Waals surface area contributed by atoms with Crippen LogP contribution in [0.5, 0.6) is 0 Å². The Bertz CT molecular complexity index is 663. The van der Waals surface area contributed by atoms with Gasteiger partial charge in [0.2, 0.25) is 0 Å². The van der Waals surface area contributed by atoms with Gasteiger partial charge in [0.25, 0.3) is 0 Å². The van der Waals surface area contributed by atoms with E-state index in [1.165, 1.54) is 0 Å². The van der Waals surface area contributed by atoms with Crippen molar-refractivity contribution in [3.63, 3.8) is 0 Å². The summed E-state index contributed by atoms with van der Waals surface area (Å²) < 4.78 is 2.63. The van der Waals surface area contributed by atoms with E-state index >= 15 is 0 Å². The van der Waals surface area contributed by atoms with Gasteiger partial charge in [-0.3, -0.25) is 9.48 Å². The summed E-state index contributed by atoms with van der Waals surface area (Å²) in [5, 5.41) is 12.4. The highest BCUT2D eigenvalue weighted by atomic mass is 79.9. The van der Waals surface area contributed by atoms with Crippen molar-refractivity contribution in [1.29, 1.82) is 0 Å². The molecular formula is C14H17BrN4O. The van der Waals surface area contributed by atoms with Crippen LogP contribution in [0, 0.1) is 13.8 Å². The molecule has 0 N–H and O–H groups in total. The molecule has 106 valence electrons. The van der Waals surface area contributed by atoms with Crippen molar-refractivity contribution in [3.8, 4) is 0 Å². The highest BCUT2D eigenvalue weighted by Gasteiger charge is 2.18. The zero-order valence-electron chi connectivity index (χ0n) is 12.1. The minimum Gasteiger partial charge on any atom is -0.294 e. The van der Waals surface area contributed by atoms with E-state index in [0.29, 0.717) is 18.4 Å². The second-order valence-corrected chi connectivity index (χ2v) is 5.56. The highest BCUT2D eigenvalue weighted by Crippen LogP contribution is 2.22. The van der Waals surface area contributed by atoms with Gasteiger partial charge in [-0.2, -0.15) is 15.3 Å². The molecule has 5 nitrogen and oxygen atoms in total. The molecule has 2 aromatic heterocycles. The van der Waals surface area contributed by atoms with Crippen LogP contribution in [-0.4, -0.2) is 25.8 Å². The maximum Gasteiger partial charge on any atom is 0.170 e. The van der Waals surface area contributed by atoms with Crippen molar-refractivity contribution >= 4 is 21.7 Å². The second kappa shape index (κ2) is 5.83. The minimum atomic E-state index is 0.0450. The standard InChI is InChI=1S/C14H17BrN4O/c1-5-11-10(6-8(2)16-17-11)13(20)7-12-14(15)9(3)18-19(12)4/h6H,5,7H2,1-4H3. The topological polar surface area (TPSA) is 60.7 Å². The summed E-state index contributed by atoms with van der Waals surface area (Å²) in [6.45, 7) is 5.72. The molecule has 0 radical (unpaired) electrons. The Hall–Kier alpha value is -1.56. The number of hydrogen-bond donors (Lipinski definition) is 0. The van der Waals surface area contributed by atoms with Gasteiger partial charge < -0.3 is 0 Å². The van der Waals surface area contributed by atoms with Crippen molar-refractivity contribution in [2.45, 2.75) is 33.6 Å². The summed E-state index contributed by atoms with van der Waals surface area (Å²) in [6, 6.07) is 1.81. The molecule has 6 heteroatoms. The largest absolute Gasteiger partial charge is 0.294 e. The van der Waals surface area contributed by atoms with E-state index in [1.54, 1.807) is 4.68 Å². The normalized spacial score (nSPS) is 10.8. The summed E-state index contributed by atoms with van der Waals surface area (Å²) in [7, 11) is 1.84. The van der Waals surface area contributed by atoms with Crippen LogP contribution < -0.4 is 0 Å². The van der Waals surface area contributed by atoms with E-state index in [-0.39, 0.29) is 5.78 Å². The van der Waals surface area contributed by atoms with E-state index in [4.69, 9.17) is 0 Å². The fraction of sp³-hybridized carbons (Fsp3) is 0.429. The molecule has 0 aliphatic carbocycles. The summed E-state index contributed by atoms with van der Waals surface area (Å²) in [4.78, 5) is 12.5. The Labute approximate surface area is 126 Å².